The Bertz CT molecular complexity index is 1590. The molecule has 0 bridgehead atoms. The van der Waals surface area contributed by atoms with Gasteiger partial charge in [0.05, 0.1) is 12.5 Å². The third-order valence-corrected chi connectivity index (χ3v) is 9.42. The molecule has 1 fully saturated rings. The molecule has 1 aliphatic heterocycles. The smallest absolute Gasteiger partial charge is 0.308 e. The number of fused-ring (bicyclic) bond motifs is 1. The van der Waals surface area contributed by atoms with Gasteiger partial charge in [-0.05, 0) is 49.9 Å². The van der Waals surface area contributed by atoms with Gasteiger partial charge in [0.1, 0.15) is 12.1 Å². The number of amides is 4. The monoisotopic (exact) mass is 690 g/mol. The quantitative estimate of drug-likeness (QED) is 0.124. The number of cyclic esters (lactones) is 1. The number of likely N-dealkylation sites (N-methyl/N-ethyl adjacent to an activating group) is 2. The second-order valence-corrected chi connectivity index (χ2v) is 13.0. The van der Waals surface area contributed by atoms with Crippen LogP contribution in [0, 0.1) is 0 Å². The number of nitrogens with two attached hydrogens (primary N) is 1. The van der Waals surface area contributed by atoms with Crippen LogP contribution in [-0.4, -0.2) is 95.3 Å². The van der Waals surface area contributed by atoms with Crippen molar-refractivity contribution in [1.82, 2.24) is 25.4 Å². The molecule has 4 amide bonds. The molecule has 50 heavy (non-hydrogen) atoms. The number of carbonyl (C=O) groups excluding carboxylic acids is 5. The van der Waals surface area contributed by atoms with Crippen LogP contribution in [0.25, 0.3) is 10.9 Å². The zero-order valence-electron chi connectivity index (χ0n) is 28.9. The number of hydrogen-bond donors (Lipinski definition) is 4. The van der Waals surface area contributed by atoms with Crippen molar-refractivity contribution in [1.29, 1.82) is 0 Å². The van der Waals surface area contributed by atoms with Gasteiger partial charge in [-0.1, -0.05) is 62.4 Å². The summed E-state index contributed by atoms with van der Waals surface area (Å²) in [6.07, 6.45) is 4.14. The van der Waals surface area contributed by atoms with Gasteiger partial charge in [-0.15, -0.1) is 0 Å². The summed E-state index contributed by atoms with van der Waals surface area (Å²) < 4.78 is 5.17. The number of nitrogens with zero attached hydrogens (tertiary/aromatic N) is 2. The Morgan fingerprint density at radius 1 is 0.980 bits per heavy atom. The highest BCUT2D eigenvalue weighted by Gasteiger charge is 2.35. The first-order valence-corrected chi connectivity index (χ1v) is 17.0. The number of rotatable bonds is 17. The molecular weight excluding hydrogens is 636 g/mol. The molecule has 2 aromatic carbocycles. The number of nitrogens with one attached hydrogen (secondary N) is 3. The molecule has 1 aromatic heterocycles. The minimum absolute atomic E-state index is 0. The summed E-state index contributed by atoms with van der Waals surface area (Å²) in [5.74, 6) is -1.50. The van der Waals surface area contributed by atoms with Crippen LogP contribution in [0.3, 0.4) is 0 Å². The lowest BCUT2D eigenvalue weighted by Crippen LogP contribution is -2.53. The molecule has 0 aliphatic carbocycles. The van der Waals surface area contributed by atoms with E-state index in [1.165, 1.54) is 11.8 Å². The van der Waals surface area contributed by atoms with Crippen LogP contribution in [0.2, 0.25) is 0 Å². The molecule has 2 heterocycles. The van der Waals surface area contributed by atoms with Gasteiger partial charge >= 0.3 is 5.97 Å². The van der Waals surface area contributed by atoms with Crippen molar-refractivity contribution in [2.75, 3.05) is 20.6 Å². The third kappa shape index (κ3) is 10.9. The van der Waals surface area contributed by atoms with Crippen LogP contribution in [0.5, 0.6) is 0 Å². The van der Waals surface area contributed by atoms with Crippen molar-refractivity contribution in [3.05, 3.63) is 71.9 Å². The highest BCUT2D eigenvalue weighted by Crippen LogP contribution is 2.22. The molecule has 12 nitrogen and oxygen atoms in total. The second kappa shape index (κ2) is 18.9. The topological polar surface area (TPSA) is 167 Å². The van der Waals surface area contributed by atoms with E-state index in [0.29, 0.717) is 25.8 Å². The minimum Gasteiger partial charge on any atom is -0.460 e. The molecule has 5 N–H and O–H groups in total. The standard InChI is InChI=1S/C37H50N6O6.CH4/c1-24-32(22-36(47)49-24)41-34(45)20-28(14-10-11-17-38)40-37(48)33(19-27-23-39-31-16-9-8-15-30(27)31)43(4)35(46)21-29(42(3)25(2)44)18-26-12-6-5-7-13-26;/h5-9,12-13,15-16,23-24,28-29,32-33,39H,10-11,14,17-22,38H2,1-4H3,(H,40,48)(H,41,45);1H4/t24-,28+,29+,32-,33-;/m1./s1. The van der Waals surface area contributed by atoms with Gasteiger partial charge in [-0.25, -0.2) is 0 Å². The zero-order chi connectivity index (χ0) is 35.5. The lowest BCUT2D eigenvalue weighted by Gasteiger charge is -2.33. The van der Waals surface area contributed by atoms with Crippen molar-refractivity contribution in [3.8, 4) is 0 Å². The van der Waals surface area contributed by atoms with Crippen molar-refractivity contribution in [2.24, 2.45) is 5.73 Å². The highest BCUT2D eigenvalue weighted by molar-refractivity contribution is 5.90. The summed E-state index contributed by atoms with van der Waals surface area (Å²) in [6.45, 7) is 3.68. The number of aromatic nitrogens is 1. The van der Waals surface area contributed by atoms with E-state index in [1.807, 2.05) is 60.8 Å². The lowest BCUT2D eigenvalue weighted by atomic mass is 9.98. The Labute approximate surface area is 295 Å². The first-order chi connectivity index (χ1) is 23.5. The molecule has 0 unspecified atom stereocenters. The van der Waals surface area contributed by atoms with Crippen LogP contribution < -0.4 is 16.4 Å². The van der Waals surface area contributed by atoms with Crippen molar-refractivity contribution in [2.45, 2.75) is 103 Å². The number of esters is 1. The summed E-state index contributed by atoms with van der Waals surface area (Å²) in [5.41, 5.74) is 8.52. The highest BCUT2D eigenvalue weighted by atomic mass is 16.6. The zero-order valence-corrected chi connectivity index (χ0v) is 28.9. The Morgan fingerprint density at radius 3 is 2.34 bits per heavy atom. The maximum atomic E-state index is 14.2. The Hall–Kier alpha value is -4.71. The number of aromatic amines is 1. The van der Waals surface area contributed by atoms with E-state index in [9.17, 15) is 24.0 Å². The largest absolute Gasteiger partial charge is 0.460 e. The van der Waals surface area contributed by atoms with E-state index in [4.69, 9.17) is 10.5 Å². The van der Waals surface area contributed by atoms with Gasteiger partial charge in [-0.3, -0.25) is 24.0 Å². The van der Waals surface area contributed by atoms with Gasteiger partial charge < -0.3 is 35.9 Å². The van der Waals surface area contributed by atoms with E-state index < -0.39 is 30.3 Å². The maximum Gasteiger partial charge on any atom is 0.308 e. The van der Waals surface area contributed by atoms with Crippen molar-refractivity contribution < 1.29 is 28.7 Å². The van der Waals surface area contributed by atoms with Crippen LogP contribution in [0.4, 0.5) is 0 Å². The number of hydrogen-bond acceptors (Lipinski definition) is 7. The molecule has 5 atom stereocenters. The van der Waals surface area contributed by atoms with Crippen molar-refractivity contribution in [3.63, 3.8) is 0 Å². The van der Waals surface area contributed by atoms with E-state index in [-0.39, 0.29) is 62.7 Å². The maximum absolute atomic E-state index is 14.2. The molecule has 0 saturated carbocycles. The number of carbonyl (C=O) groups is 5. The van der Waals surface area contributed by atoms with Crippen molar-refractivity contribution >= 4 is 40.5 Å². The summed E-state index contributed by atoms with van der Waals surface area (Å²) >= 11 is 0. The van der Waals surface area contributed by atoms with Gasteiger partial charge in [0.2, 0.25) is 23.6 Å². The normalized spacial score (nSPS) is 17.2. The average Bonchev–Trinajstić information content (AvgIpc) is 3.63. The fraction of sp³-hybridized carbons (Fsp3) is 0.500. The number of benzene rings is 2. The number of H-pyrrole nitrogens is 1. The Balaban J connectivity index is 0.00000676. The molecule has 0 radical (unpaired) electrons. The van der Waals surface area contributed by atoms with Gasteiger partial charge in [0.15, 0.2) is 0 Å². The predicted octanol–water partition coefficient (Wildman–Crippen LogP) is 3.48. The third-order valence-electron chi connectivity index (χ3n) is 9.42. The molecular formula is C38H54N6O6. The van der Waals surface area contributed by atoms with Gasteiger partial charge in [-0.2, -0.15) is 0 Å². The molecule has 3 aromatic rings. The number of unbranched alkanes of at least 4 members (excludes halogenated alkanes) is 1. The average molecular weight is 691 g/mol. The summed E-state index contributed by atoms with van der Waals surface area (Å²) in [6, 6.07) is 15.1. The fourth-order valence-electron chi connectivity index (χ4n) is 6.32. The molecule has 0 spiro atoms. The molecule has 1 saturated heterocycles. The van der Waals surface area contributed by atoms with Gasteiger partial charge in [0, 0.05) is 69.5 Å². The summed E-state index contributed by atoms with van der Waals surface area (Å²) in [5, 5.41) is 6.90. The van der Waals surface area contributed by atoms with Crippen LogP contribution in [-0.2, 0) is 41.6 Å². The first kappa shape index (κ1) is 39.7. The van der Waals surface area contributed by atoms with E-state index in [1.54, 1.807) is 25.9 Å². The molecule has 12 heteroatoms. The minimum atomic E-state index is -0.910. The lowest BCUT2D eigenvalue weighted by molar-refractivity contribution is -0.141. The number of para-hydroxylation sites is 1. The van der Waals surface area contributed by atoms with E-state index in [2.05, 4.69) is 15.6 Å². The SMILES string of the molecule is C.CC(=O)N(C)[C@H](CC(=O)N(C)[C@H](Cc1c[nH]c2ccccc12)C(=O)N[C@@H](CCCCN)CC(=O)N[C@@H]1CC(=O)O[C@@H]1C)Cc1ccccc1. The predicted molar refractivity (Wildman–Crippen MR) is 194 cm³/mol. The Kier molecular flexibility index (Phi) is 15.0. The summed E-state index contributed by atoms with van der Waals surface area (Å²) in [7, 11) is 3.30. The second-order valence-electron chi connectivity index (χ2n) is 13.0. The summed E-state index contributed by atoms with van der Waals surface area (Å²) in [4.78, 5) is 71.8. The van der Waals surface area contributed by atoms with E-state index in [0.717, 1.165) is 28.5 Å². The fourth-order valence-corrected chi connectivity index (χ4v) is 6.32. The molecule has 4 rings (SSSR count). The van der Waals surface area contributed by atoms with Crippen LogP contribution in [0.1, 0.15) is 70.9 Å². The number of ether oxygens (including phenoxy) is 1. The van der Waals surface area contributed by atoms with Crippen LogP contribution >= 0.6 is 0 Å². The van der Waals surface area contributed by atoms with Gasteiger partial charge in [0.25, 0.3) is 0 Å². The van der Waals surface area contributed by atoms with Crippen LogP contribution in [0.15, 0.2) is 60.8 Å². The first-order valence-electron chi connectivity index (χ1n) is 17.0. The van der Waals surface area contributed by atoms with E-state index >= 15 is 0 Å². The molecule has 272 valence electrons. The molecule has 1 aliphatic rings. The Morgan fingerprint density at radius 2 is 1.68 bits per heavy atom.